The molecular formula is C11H16F3N3O. The summed E-state index contributed by atoms with van der Waals surface area (Å²) in [5.74, 6) is 0.299. The van der Waals surface area contributed by atoms with Crippen LogP contribution in [-0.2, 0) is 12.8 Å². The summed E-state index contributed by atoms with van der Waals surface area (Å²) in [5.41, 5.74) is 6.00. The molecule has 4 nitrogen and oxygen atoms in total. The van der Waals surface area contributed by atoms with Gasteiger partial charge in [-0.3, -0.25) is 0 Å². The van der Waals surface area contributed by atoms with E-state index in [9.17, 15) is 13.2 Å². The quantitative estimate of drug-likeness (QED) is 0.904. The fraction of sp³-hybridized carbons (Fsp3) is 0.818. The molecule has 1 aromatic heterocycles. The van der Waals surface area contributed by atoms with Gasteiger partial charge in [-0.2, -0.15) is 18.2 Å². The molecule has 1 saturated carbocycles. The monoisotopic (exact) mass is 263 g/mol. The molecule has 1 unspecified atom stereocenters. The Bertz CT molecular complexity index is 385. The zero-order valence-corrected chi connectivity index (χ0v) is 9.91. The van der Waals surface area contributed by atoms with E-state index in [2.05, 4.69) is 10.1 Å². The van der Waals surface area contributed by atoms with E-state index in [4.69, 9.17) is 10.3 Å². The molecule has 1 fully saturated rings. The van der Waals surface area contributed by atoms with Gasteiger partial charge in [-0.25, -0.2) is 0 Å². The second kappa shape index (κ2) is 5.26. The van der Waals surface area contributed by atoms with Crippen molar-refractivity contribution in [3.63, 3.8) is 0 Å². The van der Waals surface area contributed by atoms with Gasteiger partial charge >= 0.3 is 6.18 Å². The number of nitrogens with zero attached hydrogens (tertiary/aromatic N) is 2. The zero-order valence-electron chi connectivity index (χ0n) is 9.91. The number of hydrogen-bond acceptors (Lipinski definition) is 4. The molecule has 1 aromatic rings. The van der Waals surface area contributed by atoms with E-state index < -0.39 is 12.6 Å². The molecule has 2 N–H and O–H groups in total. The van der Waals surface area contributed by atoms with Crippen molar-refractivity contribution in [1.82, 2.24) is 10.1 Å². The Morgan fingerprint density at radius 2 is 2.00 bits per heavy atom. The van der Waals surface area contributed by atoms with Gasteiger partial charge in [-0.05, 0) is 18.8 Å². The standard InChI is InChI=1S/C11H16F3N3O/c12-11(13,14)6-9-16-10(18-17-9)5-8(15)7-3-1-2-4-7/h7-8H,1-6,15H2. The normalized spacial score (nSPS) is 19.3. The van der Waals surface area contributed by atoms with Crippen LogP contribution < -0.4 is 5.73 Å². The van der Waals surface area contributed by atoms with Crippen LogP contribution >= 0.6 is 0 Å². The highest BCUT2D eigenvalue weighted by molar-refractivity contribution is 4.92. The zero-order chi connectivity index (χ0) is 13.2. The van der Waals surface area contributed by atoms with Gasteiger partial charge < -0.3 is 10.3 Å². The van der Waals surface area contributed by atoms with Gasteiger partial charge in [0.05, 0.1) is 0 Å². The van der Waals surface area contributed by atoms with Crippen LogP contribution in [0.3, 0.4) is 0 Å². The van der Waals surface area contributed by atoms with Crippen molar-refractivity contribution in [3.05, 3.63) is 11.7 Å². The molecule has 0 aliphatic heterocycles. The molecule has 0 saturated heterocycles. The third kappa shape index (κ3) is 3.69. The molecule has 18 heavy (non-hydrogen) atoms. The summed E-state index contributed by atoms with van der Waals surface area (Å²) in [6.07, 6.45) is -0.627. The topological polar surface area (TPSA) is 64.9 Å². The van der Waals surface area contributed by atoms with Crippen molar-refractivity contribution >= 4 is 0 Å². The van der Waals surface area contributed by atoms with Crippen LogP contribution in [0, 0.1) is 5.92 Å². The highest BCUT2D eigenvalue weighted by Gasteiger charge is 2.31. The van der Waals surface area contributed by atoms with Crippen LogP contribution in [0.1, 0.15) is 37.4 Å². The smallest absolute Gasteiger partial charge is 0.339 e. The van der Waals surface area contributed by atoms with Crippen LogP contribution in [-0.4, -0.2) is 22.4 Å². The van der Waals surface area contributed by atoms with Crippen LogP contribution in [0.4, 0.5) is 13.2 Å². The third-order valence-electron chi connectivity index (χ3n) is 3.28. The van der Waals surface area contributed by atoms with Gasteiger partial charge in [-0.15, -0.1) is 0 Å². The fourth-order valence-electron chi connectivity index (χ4n) is 2.38. The van der Waals surface area contributed by atoms with E-state index in [1.807, 2.05) is 0 Å². The second-order valence-electron chi connectivity index (χ2n) is 4.81. The predicted molar refractivity (Wildman–Crippen MR) is 57.7 cm³/mol. The lowest BCUT2D eigenvalue weighted by atomic mass is 9.96. The number of alkyl halides is 3. The lowest BCUT2D eigenvalue weighted by Gasteiger charge is -2.16. The molecule has 0 radical (unpaired) electrons. The third-order valence-corrected chi connectivity index (χ3v) is 3.28. The number of hydrogen-bond donors (Lipinski definition) is 1. The Morgan fingerprint density at radius 1 is 1.33 bits per heavy atom. The molecule has 1 atom stereocenters. The number of halogens is 3. The van der Waals surface area contributed by atoms with Crippen molar-refractivity contribution in [2.24, 2.45) is 11.7 Å². The van der Waals surface area contributed by atoms with Crippen LogP contribution in [0.25, 0.3) is 0 Å². The van der Waals surface area contributed by atoms with Gasteiger partial charge in [-0.1, -0.05) is 18.0 Å². The molecule has 102 valence electrons. The molecule has 7 heteroatoms. The minimum absolute atomic E-state index is 0.105. The van der Waals surface area contributed by atoms with Crippen molar-refractivity contribution in [2.75, 3.05) is 0 Å². The van der Waals surface area contributed by atoms with E-state index >= 15 is 0 Å². The summed E-state index contributed by atoms with van der Waals surface area (Å²) in [7, 11) is 0. The molecular weight excluding hydrogens is 247 g/mol. The lowest BCUT2D eigenvalue weighted by Crippen LogP contribution is -2.30. The molecule has 0 spiro atoms. The average molecular weight is 263 g/mol. The molecule has 0 aromatic carbocycles. The largest absolute Gasteiger partial charge is 0.396 e. The van der Waals surface area contributed by atoms with Crippen molar-refractivity contribution in [3.8, 4) is 0 Å². The first-order valence-corrected chi connectivity index (χ1v) is 6.08. The van der Waals surface area contributed by atoms with E-state index in [-0.39, 0.29) is 17.8 Å². The van der Waals surface area contributed by atoms with Gasteiger partial charge in [0.2, 0.25) is 5.89 Å². The van der Waals surface area contributed by atoms with Gasteiger partial charge in [0, 0.05) is 12.5 Å². The Morgan fingerprint density at radius 3 is 2.61 bits per heavy atom. The van der Waals surface area contributed by atoms with Crippen LogP contribution in [0.5, 0.6) is 0 Å². The second-order valence-corrected chi connectivity index (χ2v) is 4.81. The van der Waals surface area contributed by atoms with E-state index in [1.54, 1.807) is 0 Å². The minimum atomic E-state index is -4.31. The molecule has 1 aliphatic carbocycles. The van der Waals surface area contributed by atoms with Crippen LogP contribution in [0.15, 0.2) is 4.52 Å². The molecule has 2 rings (SSSR count). The Balaban J connectivity index is 1.89. The summed E-state index contributed by atoms with van der Waals surface area (Å²) >= 11 is 0. The Kier molecular flexibility index (Phi) is 3.89. The Hall–Kier alpha value is -1.11. The molecule has 1 heterocycles. The van der Waals surface area contributed by atoms with E-state index in [0.717, 1.165) is 12.8 Å². The van der Waals surface area contributed by atoms with Crippen LogP contribution in [0.2, 0.25) is 0 Å². The summed E-state index contributed by atoms with van der Waals surface area (Å²) in [5, 5.41) is 3.32. The lowest BCUT2D eigenvalue weighted by molar-refractivity contribution is -0.128. The summed E-state index contributed by atoms with van der Waals surface area (Å²) in [4.78, 5) is 3.73. The van der Waals surface area contributed by atoms with Gasteiger partial charge in [0.15, 0.2) is 5.82 Å². The van der Waals surface area contributed by atoms with Crippen molar-refractivity contribution in [1.29, 1.82) is 0 Å². The highest BCUT2D eigenvalue weighted by atomic mass is 19.4. The molecule has 0 amide bonds. The summed E-state index contributed by atoms with van der Waals surface area (Å²) < 4.78 is 41.1. The number of rotatable bonds is 4. The fourth-order valence-corrected chi connectivity index (χ4v) is 2.38. The SMILES string of the molecule is NC(Cc1nc(CC(F)(F)F)no1)C1CCCC1. The summed E-state index contributed by atoms with van der Waals surface area (Å²) in [6.45, 7) is 0. The Labute approximate surface area is 103 Å². The maximum atomic E-state index is 12.1. The van der Waals surface area contributed by atoms with E-state index in [0.29, 0.717) is 12.3 Å². The first-order chi connectivity index (χ1) is 8.44. The number of nitrogens with two attached hydrogens (primary N) is 1. The summed E-state index contributed by atoms with van der Waals surface area (Å²) in [6, 6.07) is -0.105. The van der Waals surface area contributed by atoms with E-state index in [1.165, 1.54) is 12.8 Å². The number of aromatic nitrogens is 2. The highest BCUT2D eigenvalue weighted by Crippen LogP contribution is 2.28. The maximum absolute atomic E-state index is 12.1. The van der Waals surface area contributed by atoms with Crippen molar-refractivity contribution < 1.29 is 17.7 Å². The predicted octanol–water partition coefficient (Wildman–Crippen LogP) is 2.23. The maximum Gasteiger partial charge on any atom is 0.396 e. The average Bonchev–Trinajstić information content (AvgIpc) is 2.86. The van der Waals surface area contributed by atoms with Gasteiger partial charge in [0.1, 0.15) is 6.42 Å². The first kappa shape index (κ1) is 13.3. The first-order valence-electron chi connectivity index (χ1n) is 6.08. The minimum Gasteiger partial charge on any atom is -0.339 e. The molecule has 0 bridgehead atoms. The molecule has 1 aliphatic rings. The van der Waals surface area contributed by atoms with Gasteiger partial charge in [0.25, 0.3) is 0 Å². The van der Waals surface area contributed by atoms with Crippen molar-refractivity contribution in [2.45, 2.75) is 50.7 Å².